The molecule has 6 nitrogen and oxygen atoms in total. The summed E-state index contributed by atoms with van der Waals surface area (Å²) in [6.07, 6.45) is 3.39. The van der Waals surface area contributed by atoms with E-state index in [0.717, 1.165) is 27.9 Å². The van der Waals surface area contributed by atoms with Gasteiger partial charge in [0.25, 0.3) is 0 Å². The van der Waals surface area contributed by atoms with Crippen LogP contribution < -0.4 is 0 Å². The fourth-order valence-corrected chi connectivity index (χ4v) is 3.36. The van der Waals surface area contributed by atoms with E-state index in [9.17, 15) is 9.18 Å². The van der Waals surface area contributed by atoms with Crippen molar-refractivity contribution in [3.05, 3.63) is 72.4 Å². The van der Waals surface area contributed by atoms with Gasteiger partial charge in [0, 0.05) is 24.7 Å². The van der Waals surface area contributed by atoms with Crippen LogP contribution in [0.25, 0.3) is 22.3 Å². The maximum absolute atomic E-state index is 13.2. The Hall–Kier alpha value is -3.48. The lowest BCUT2D eigenvalue weighted by atomic mass is 10.1. The molecule has 142 valence electrons. The molecule has 1 amide bonds. The molecular formula is C21H20FN5O. The van der Waals surface area contributed by atoms with E-state index in [-0.39, 0.29) is 11.7 Å². The SMILES string of the molecule is C[C@@H](C(=O)N(C)Cc1cn[nH]c1-c1ccc(F)cc1)n1cnc2ccccc21. The molecule has 1 N–H and O–H groups in total. The number of benzene rings is 2. The molecule has 2 aromatic heterocycles. The molecule has 0 bridgehead atoms. The Kier molecular flexibility index (Phi) is 4.65. The standard InChI is InChI=1S/C21H20FN5O/c1-14(27-13-23-18-5-3-4-6-19(18)27)21(28)26(2)12-16-11-24-25-20(16)15-7-9-17(22)10-8-15/h3-11,13-14H,12H2,1-2H3,(H,24,25)/t14-/m0/s1. The lowest BCUT2D eigenvalue weighted by Gasteiger charge is -2.22. The van der Waals surface area contributed by atoms with Crippen LogP contribution in [0.4, 0.5) is 4.39 Å². The number of hydrogen-bond acceptors (Lipinski definition) is 3. The normalized spacial score (nSPS) is 12.2. The Bertz CT molecular complexity index is 1120. The smallest absolute Gasteiger partial charge is 0.245 e. The van der Waals surface area contributed by atoms with Crippen molar-refractivity contribution in [3.63, 3.8) is 0 Å². The van der Waals surface area contributed by atoms with Crippen LogP contribution in [0.1, 0.15) is 18.5 Å². The van der Waals surface area contributed by atoms with Gasteiger partial charge < -0.3 is 9.47 Å². The molecule has 4 aromatic rings. The summed E-state index contributed by atoms with van der Waals surface area (Å²) >= 11 is 0. The maximum Gasteiger partial charge on any atom is 0.245 e. The number of fused-ring (bicyclic) bond motifs is 1. The minimum atomic E-state index is -0.390. The summed E-state index contributed by atoms with van der Waals surface area (Å²) in [5.41, 5.74) is 4.25. The molecule has 0 spiro atoms. The number of carbonyl (C=O) groups is 1. The number of rotatable bonds is 5. The third-order valence-corrected chi connectivity index (χ3v) is 4.89. The van der Waals surface area contributed by atoms with Gasteiger partial charge in [0.15, 0.2) is 0 Å². The van der Waals surface area contributed by atoms with E-state index >= 15 is 0 Å². The van der Waals surface area contributed by atoms with E-state index in [1.807, 2.05) is 35.8 Å². The average Bonchev–Trinajstić information content (AvgIpc) is 3.34. The number of H-pyrrole nitrogens is 1. The van der Waals surface area contributed by atoms with Gasteiger partial charge in [-0.05, 0) is 43.3 Å². The first-order valence-electron chi connectivity index (χ1n) is 8.99. The summed E-state index contributed by atoms with van der Waals surface area (Å²) in [7, 11) is 1.76. The first-order valence-corrected chi connectivity index (χ1v) is 8.99. The molecule has 0 radical (unpaired) electrons. The molecule has 0 unspecified atom stereocenters. The molecule has 0 saturated heterocycles. The fraction of sp³-hybridized carbons (Fsp3) is 0.190. The molecule has 0 saturated carbocycles. The Labute approximate surface area is 161 Å². The third-order valence-electron chi connectivity index (χ3n) is 4.89. The Morgan fingerprint density at radius 2 is 1.96 bits per heavy atom. The van der Waals surface area contributed by atoms with Crippen molar-refractivity contribution in [1.29, 1.82) is 0 Å². The number of carbonyl (C=O) groups excluding carboxylic acids is 1. The highest BCUT2D eigenvalue weighted by molar-refractivity contribution is 5.83. The Balaban J connectivity index is 1.54. The van der Waals surface area contributed by atoms with Gasteiger partial charge in [-0.25, -0.2) is 9.37 Å². The second-order valence-corrected chi connectivity index (χ2v) is 6.79. The van der Waals surface area contributed by atoms with Crippen LogP contribution in [0, 0.1) is 5.82 Å². The summed E-state index contributed by atoms with van der Waals surface area (Å²) in [6.45, 7) is 2.25. The van der Waals surface area contributed by atoms with Crippen molar-refractivity contribution < 1.29 is 9.18 Å². The first kappa shape index (κ1) is 17.9. The van der Waals surface area contributed by atoms with Crippen molar-refractivity contribution in [2.45, 2.75) is 19.5 Å². The van der Waals surface area contributed by atoms with Crippen LogP contribution in [0.2, 0.25) is 0 Å². The second kappa shape index (κ2) is 7.26. The third kappa shape index (κ3) is 3.26. The van der Waals surface area contributed by atoms with Gasteiger partial charge in [0.05, 0.1) is 29.3 Å². The molecular weight excluding hydrogens is 357 g/mol. The molecule has 0 fully saturated rings. The molecule has 0 aliphatic rings. The number of aromatic amines is 1. The average molecular weight is 377 g/mol. The van der Waals surface area contributed by atoms with Crippen LogP contribution in [0.3, 0.4) is 0 Å². The summed E-state index contributed by atoms with van der Waals surface area (Å²) < 4.78 is 15.1. The number of likely N-dealkylation sites (N-methyl/N-ethyl adjacent to an activating group) is 1. The van der Waals surface area contributed by atoms with Gasteiger partial charge in [-0.1, -0.05) is 12.1 Å². The topological polar surface area (TPSA) is 66.8 Å². The number of halogens is 1. The highest BCUT2D eigenvalue weighted by Gasteiger charge is 2.22. The quantitative estimate of drug-likeness (QED) is 0.575. The predicted molar refractivity (Wildman–Crippen MR) is 105 cm³/mol. The number of aromatic nitrogens is 4. The van der Waals surface area contributed by atoms with E-state index in [1.54, 1.807) is 36.6 Å². The zero-order valence-electron chi connectivity index (χ0n) is 15.6. The molecule has 2 aromatic carbocycles. The monoisotopic (exact) mass is 377 g/mol. The second-order valence-electron chi connectivity index (χ2n) is 6.79. The van der Waals surface area contributed by atoms with Gasteiger partial charge in [-0.3, -0.25) is 9.89 Å². The summed E-state index contributed by atoms with van der Waals surface area (Å²) in [4.78, 5) is 19.0. The Morgan fingerprint density at radius 3 is 2.75 bits per heavy atom. The largest absolute Gasteiger partial charge is 0.339 e. The molecule has 28 heavy (non-hydrogen) atoms. The van der Waals surface area contributed by atoms with Gasteiger partial charge in [0.1, 0.15) is 11.9 Å². The van der Waals surface area contributed by atoms with E-state index < -0.39 is 6.04 Å². The van der Waals surface area contributed by atoms with Crippen LogP contribution in [0.15, 0.2) is 61.1 Å². The zero-order valence-corrected chi connectivity index (χ0v) is 15.6. The molecule has 2 heterocycles. The first-order chi connectivity index (χ1) is 13.5. The number of para-hydroxylation sites is 2. The van der Waals surface area contributed by atoms with E-state index in [1.165, 1.54) is 12.1 Å². The summed E-state index contributed by atoms with van der Waals surface area (Å²) in [5, 5.41) is 7.04. The van der Waals surface area contributed by atoms with Crippen molar-refractivity contribution in [1.82, 2.24) is 24.6 Å². The molecule has 4 rings (SSSR count). The zero-order chi connectivity index (χ0) is 19.7. The van der Waals surface area contributed by atoms with Gasteiger partial charge in [-0.15, -0.1) is 0 Å². The van der Waals surface area contributed by atoms with Crippen molar-refractivity contribution in [3.8, 4) is 11.3 Å². The number of amides is 1. The number of hydrogen-bond donors (Lipinski definition) is 1. The number of nitrogens with one attached hydrogen (secondary N) is 1. The van der Waals surface area contributed by atoms with Crippen molar-refractivity contribution in [2.75, 3.05) is 7.05 Å². The molecule has 0 aliphatic carbocycles. The van der Waals surface area contributed by atoms with Crippen molar-refractivity contribution >= 4 is 16.9 Å². The molecule has 0 aliphatic heterocycles. The van der Waals surface area contributed by atoms with E-state index in [2.05, 4.69) is 15.2 Å². The fourth-order valence-electron chi connectivity index (χ4n) is 3.36. The number of nitrogens with zero attached hydrogens (tertiary/aromatic N) is 4. The van der Waals surface area contributed by atoms with E-state index in [4.69, 9.17) is 0 Å². The van der Waals surface area contributed by atoms with E-state index in [0.29, 0.717) is 6.54 Å². The maximum atomic E-state index is 13.2. The minimum absolute atomic E-state index is 0.0330. The minimum Gasteiger partial charge on any atom is -0.339 e. The van der Waals surface area contributed by atoms with Crippen LogP contribution in [0.5, 0.6) is 0 Å². The van der Waals surface area contributed by atoms with Crippen LogP contribution in [-0.2, 0) is 11.3 Å². The Morgan fingerprint density at radius 1 is 1.21 bits per heavy atom. The summed E-state index contributed by atoms with van der Waals surface area (Å²) in [6, 6.07) is 13.5. The highest BCUT2D eigenvalue weighted by atomic mass is 19.1. The molecule has 1 atom stereocenters. The van der Waals surface area contributed by atoms with Crippen molar-refractivity contribution in [2.24, 2.45) is 0 Å². The van der Waals surface area contributed by atoms with Crippen LogP contribution in [-0.4, -0.2) is 37.6 Å². The van der Waals surface area contributed by atoms with Gasteiger partial charge in [-0.2, -0.15) is 5.10 Å². The highest BCUT2D eigenvalue weighted by Crippen LogP contribution is 2.24. The molecule has 7 heteroatoms. The predicted octanol–water partition coefficient (Wildman–Crippen LogP) is 3.79. The van der Waals surface area contributed by atoms with Gasteiger partial charge in [0.2, 0.25) is 5.91 Å². The summed E-state index contributed by atoms with van der Waals surface area (Å²) in [5.74, 6) is -0.326. The van der Waals surface area contributed by atoms with Gasteiger partial charge >= 0.3 is 0 Å². The van der Waals surface area contributed by atoms with Crippen LogP contribution >= 0.6 is 0 Å². The number of imidazole rings is 1. The lowest BCUT2D eigenvalue weighted by Crippen LogP contribution is -2.32. The lowest BCUT2D eigenvalue weighted by molar-refractivity contribution is -0.133.